The number of hydrogen-bond donors (Lipinski definition) is 1. The smallest absolute Gasteiger partial charge is 0.0519 e. The van der Waals surface area contributed by atoms with Gasteiger partial charge in [-0.15, -0.1) is 11.3 Å². The first-order chi connectivity index (χ1) is 9.79. The Hall–Kier alpha value is -1.84. The Morgan fingerprint density at radius 2 is 1.80 bits per heavy atom. The van der Waals surface area contributed by atoms with Crippen molar-refractivity contribution in [3.05, 3.63) is 64.4 Å². The van der Waals surface area contributed by atoms with Crippen LogP contribution in [-0.2, 0) is 13.1 Å². The van der Waals surface area contributed by atoms with Crippen LogP contribution in [0, 0.1) is 0 Å². The maximum absolute atomic E-state index is 5.84. The second kappa shape index (κ2) is 5.65. The summed E-state index contributed by atoms with van der Waals surface area (Å²) in [5.41, 5.74) is 8.30. The van der Waals surface area contributed by atoms with E-state index < -0.39 is 0 Å². The standard InChI is InChI=1S/C17H18N2S/c1-19(12-14-5-4-10-20-14)17-9-8-13(11-18)15-6-2-3-7-16(15)17/h2-10H,11-12,18H2,1H3. The molecule has 0 saturated carbocycles. The summed E-state index contributed by atoms with van der Waals surface area (Å²) >= 11 is 1.80. The molecule has 0 amide bonds. The van der Waals surface area contributed by atoms with Crippen molar-refractivity contribution < 1.29 is 0 Å². The van der Waals surface area contributed by atoms with Gasteiger partial charge in [0, 0.05) is 29.5 Å². The van der Waals surface area contributed by atoms with E-state index in [1.54, 1.807) is 11.3 Å². The molecular weight excluding hydrogens is 264 g/mol. The minimum Gasteiger partial charge on any atom is -0.369 e. The van der Waals surface area contributed by atoms with Crippen LogP contribution < -0.4 is 10.6 Å². The predicted molar refractivity (Wildman–Crippen MR) is 88.3 cm³/mol. The van der Waals surface area contributed by atoms with E-state index in [1.165, 1.54) is 26.9 Å². The Bertz CT molecular complexity index is 704. The zero-order chi connectivity index (χ0) is 13.9. The molecule has 3 heteroatoms. The molecule has 20 heavy (non-hydrogen) atoms. The van der Waals surface area contributed by atoms with Gasteiger partial charge < -0.3 is 10.6 Å². The molecule has 0 radical (unpaired) electrons. The molecule has 0 aliphatic rings. The summed E-state index contributed by atoms with van der Waals surface area (Å²) in [4.78, 5) is 3.67. The number of thiophene rings is 1. The van der Waals surface area contributed by atoms with Crippen LogP contribution in [0.15, 0.2) is 53.9 Å². The van der Waals surface area contributed by atoms with E-state index >= 15 is 0 Å². The zero-order valence-corrected chi connectivity index (χ0v) is 12.4. The van der Waals surface area contributed by atoms with Gasteiger partial charge in [-0.3, -0.25) is 0 Å². The molecule has 0 unspecified atom stereocenters. The summed E-state index contributed by atoms with van der Waals surface area (Å²) in [7, 11) is 2.14. The molecule has 0 aliphatic carbocycles. The molecule has 3 rings (SSSR count). The largest absolute Gasteiger partial charge is 0.369 e. The Balaban J connectivity index is 2.03. The molecule has 0 saturated heterocycles. The van der Waals surface area contributed by atoms with Crippen LogP contribution in [0.5, 0.6) is 0 Å². The van der Waals surface area contributed by atoms with Gasteiger partial charge in [0.25, 0.3) is 0 Å². The molecule has 0 bridgehead atoms. The molecule has 0 fully saturated rings. The molecule has 2 aromatic carbocycles. The molecule has 0 atom stereocenters. The average molecular weight is 282 g/mol. The van der Waals surface area contributed by atoms with Crippen LogP contribution in [0.3, 0.4) is 0 Å². The Morgan fingerprint density at radius 3 is 2.50 bits per heavy atom. The molecule has 102 valence electrons. The van der Waals surface area contributed by atoms with Gasteiger partial charge >= 0.3 is 0 Å². The van der Waals surface area contributed by atoms with Gasteiger partial charge in [-0.1, -0.05) is 36.4 Å². The fourth-order valence-electron chi connectivity index (χ4n) is 2.58. The van der Waals surface area contributed by atoms with Crippen LogP contribution in [0.1, 0.15) is 10.4 Å². The van der Waals surface area contributed by atoms with Gasteiger partial charge in [-0.25, -0.2) is 0 Å². The quantitative estimate of drug-likeness (QED) is 0.784. The van der Waals surface area contributed by atoms with Crippen molar-refractivity contribution in [2.24, 2.45) is 5.73 Å². The number of nitrogens with two attached hydrogens (primary N) is 1. The highest BCUT2D eigenvalue weighted by Crippen LogP contribution is 2.30. The summed E-state index contributed by atoms with van der Waals surface area (Å²) in [6.07, 6.45) is 0. The lowest BCUT2D eigenvalue weighted by Crippen LogP contribution is -2.16. The Morgan fingerprint density at radius 1 is 1.00 bits per heavy atom. The van der Waals surface area contributed by atoms with Crippen molar-refractivity contribution in [3.63, 3.8) is 0 Å². The van der Waals surface area contributed by atoms with Crippen LogP contribution in [0.4, 0.5) is 5.69 Å². The van der Waals surface area contributed by atoms with Crippen LogP contribution in [0.25, 0.3) is 10.8 Å². The van der Waals surface area contributed by atoms with E-state index in [2.05, 4.69) is 65.9 Å². The summed E-state index contributed by atoms with van der Waals surface area (Å²) in [5, 5.41) is 4.65. The normalized spacial score (nSPS) is 10.9. The van der Waals surface area contributed by atoms with Gasteiger partial charge in [0.15, 0.2) is 0 Å². The average Bonchev–Trinajstić information content (AvgIpc) is 2.99. The van der Waals surface area contributed by atoms with Crippen molar-refractivity contribution in [2.75, 3.05) is 11.9 Å². The van der Waals surface area contributed by atoms with Gasteiger partial charge in [-0.05, 0) is 28.5 Å². The van der Waals surface area contributed by atoms with Gasteiger partial charge in [0.2, 0.25) is 0 Å². The predicted octanol–water partition coefficient (Wildman–Crippen LogP) is 4.00. The van der Waals surface area contributed by atoms with Crippen LogP contribution in [-0.4, -0.2) is 7.05 Å². The third-order valence-corrected chi connectivity index (χ3v) is 4.46. The minimum atomic E-state index is 0.579. The van der Waals surface area contributed by atoms with Crippen molar-refractivity contribution in [1.29, 1.82) is 0 Å². The van der Waals surface area contributed by atoms with Crippen molar-refractivity contribution in [3.8, 4) is 0 Å². The molecule has 3 aromatic rings. The van der Waals surface area contributed by atoms with Crippen molar-refractivity contribution in [2.45, 2.75) is 13.1 Å². The van der Waals surface area contributed by atoms with E-state index in [0.717, 1.165) is 6.54 Å². The van der Waals surface area contributed by atoms with Crippen LogP contribution >= 0.6 is 11.3 Å². The zero-order valence-electron chi connectivity index (χ0n) is 11.5. The number of fused-ring (bicyclic) bond motifs is 1. The van der Waals surface area contributed by atoms with Crippen LogP contribution in [0.2, 0.25) is 0 Å². The highest BCUT2D eigenvalue weighted by Gasteiger charge is 2.09. The second-order valence-corrected chi connectivity index (χ2v) is 5.96. The number of benzene rings is 2. The Kier molecular flexibility index (Phi) is 3.72. The minimum absolute atomic E-state index is 0.579. The van der Waals surface area contributed by atoms with Gasteiger partial charge in [-0.2, -0.15) is 0 Å². The maximum Gasteiger partial charge on any atom is 0.0519 e. The number of anilines is 1. The fourth-order valence-corrected chi connectivity index (χ4v) is 3.34. The molecule has 2 nitrogen and oxygen atoms in total. The van der Waals surface area contributed by atoms with E-state index in [-0.39, 0.29) is 0 Å². The molecular formula is C17H18N2S. The first-order valence-electron chi connectivity index (χ1n) is 6.74. The third-order valence-electron chi connectivity index (χ3n) is 3.60. The number of rotatable bonds is 4. The Labute approximate surface area is 123 Å². The van der Waals surface area contributed by atoms with E-state index in [4.69, 9.17) is 5.73 Å². The molecule has 1 aromatic heterocycles. The van der Waals surface area contributed by atoms with E-state index in [9.17, 15) is 0 Å². The number of hydrogen-bond acceptors (Lipinski definition) is 3. The lowest BCUT2D eigenvalue weighted by atomic mass is 10.0. The van der Waals surface area contributed by atoms with E-state index in [0.29, 0.717) is 6.54 Å². The second-order valence-electron chi connectivity index (χ2n) is 4.93. The maximum atomic E-state index is 5.84. The monoisotopic (exact) mass is 282 g/mol. The lowest BCUT2D eigenvalue weighted by Gasteiger charge is -2.21. The van der Waals surface area contributed by atoms with E-state index in [1.807, 2.05) is 0 Å². The van der Waals surface area contributed by atoms with Crippen molar-refractivity contribution in [1.82, 2.24) is 0 Å². The molecule has 2 N–H and O–H groups in total. The summed E-state index contributed by atoms with van der Waals surface area (Å²) in [6, 6.07) is 17.1. The van der Waals surface area contributed by atoms with Gasteiger partial charge in [0.1, 0.15) is 0 Å². The third kappa shape index (κ3) is 2.42. The molecule has 0 spiro atoms. The number of nitrogens with zero attached hydrogens (tertiary/aromatic N) is 1. The topological polar surface area (TPSA) is 29.3 Å². The summed E-state index contributed by atoms with van der Waals surface area (Å²) in [5.74, 6) is 0. The molecule has 1 heterocycles. The van der Waals surface area contributed by atoms with Crippen molar-refractivity contribution >= 4 is 27.8 Å². The first-order valence-corrected chi connectivity index (χ1v) is 7.62. The lowest BCUT2D eigenvalue weighted by molar-refractivity contribution is 0.945. The first kappa shape index (κ1) is 13.2. The summed E-state index contributed by atoms with van der Waals surface area (Å²) in [6.45, 7) is 1.51. The highest BCUT2D eigenvalue weighted by molar-refractivity contribution is 7.09. The van der Waals surface area contributed by atoms with Gasteiger partial charge in [0.05, 0.1) is 6.54 Å². The summed E-state index contributed by atoms with van der Waals surface area (Å²) < 4.78 is 0. The fraction of sp³-hybridized carbons (Fsp3) is 0.176. The SMILES string of the molecule is CN(Cc1cccs1)c1ccc(CN)c2ccccc12. The molecule has 0 aliphatic heterocycles. The highest BCUT2D eigenvalue weighted by atomic mass is 32.1.